The smallest absolute Gasteiger partial charge is 0.168 e. The topological polar surface area (TPSA) is 32.7 Å². The third kappa shape index (κ3) is 4.80. The van der Waals surface area contributed by atoms with E-state index in [1.165, 1.54) is 25.3 Å². The molecule has 1 saturated heterocycles. The van der Waals surface area contributed by atoms with Gasteiger partial charge in [0.25, 0.3) is 0 Å². The SMILES string of the molecule is CC(O)(CCN1CCCCC1)c1ccc(Oc2ccc(F)cc2F)cc1. The molecule has 2 aromatic rings. The monoisotopic (exact) mass is 361 g/mol. The second-order valence-electron chi connectivity index (χ2n) is 7.13. The third-order valence-electron chi connectivity index (χ3n) is 4.96. The van der Waals surface area contributed by atoms with Gasteiger partial charge in [0, 0.05) is 12.6 Å². The van der Waals surface area contributed by atoms with Gasteiger partial charge in [0.2, 0.25) is 0 Å². The van der Waals surface area contributed by atoms with Crippen LogP contribution in [-0.4, -0.2) is 29.6 Å². The minimum Gasteiger partial charge on any atom is -0.454 e. The molecular formula is C21H25F2NO2. The predicted octanol–water partition coefficient (Wildman–Crippen LogP) is 4.84. The summed E-state index contributed by atoms with van der Waals surface area (Å²) in [5.41, 5.74) is -0.140. The van der Waals surface area contributed by atoms with Crippen LogP contribution in [0, 0.1) is 11.6 Å². The number of benzene rings is 2. The summed E-state index contributed by atoms with van der Waals surface area (Å²) in [6.45, 7) is 4.89. The molecule has 3 nitrogen and oxygen atoms in total. The zero-order chi connectivity index (χ0) is 18.6. The molecule has 0 aliphatic carbocycles. The highest BCUT2D eigenvalue weighted by Gasteiger charge is 2.24. The van der Waals surface area contributed by atoms with Gasteiger partial charge in [-0.1, -0.05) is 18.6 Å². The first-order valence-electron chi connectivity index (χ1n) is 9.12. The summed E-state index contributed by atoms with van der Waals surface area (Å²) in [5, 5.41) is 10.8. The Kier molecular flexibility index (Phi) is 5.89. The summed E-state index contributed by atoms with van der Waals surface area (Å²) in [5.74, 6) is -0.986. The van der Waals surface area contributed by atoms with Gasteiger partial charge >= 0.3 is 0 Å². The average Bonchev–Trinajstić information content (AvgIpc) is 2.64. The highest BCUT2D eigenvalue weighted by atomic mass is 19.1. The summed E-state index contributed by atoms with van der Waals surface area (Å²) >= 11 is 0. The Morgan fingerprint density at radius 1 is 1.04 bits per heavy atom. The maximum absolute atomic E-state index is 13.7. The molecule has 0 amide bonds. The molecule has 1 heterocycles. The number of hydrogen-bond acceptors (Lipinski definition) is 3. The number of rotatable bonds is 6. The van der Waals surface area contributed by atoms with Gasteiger partial charge in [0.05, 0.1) is 5.60 Å². The third-order valence-corrected chi connectivity index (χ3v) is 4.96. The molecule has 0 bridgehead atoms. The lowest BCUT2D eigenvalue weighted by atomic mass is 9.92. The van der Waals surface area contributed by atoms with Crippen LogP contribution in [0.5, 0.6) is 11.5 Å². The Bertz CT molecular complexity index is 725. The van der Waals surface area contributed by atoms with Crippen molar-refractivity contribution in [2.24, 2.45) is 0 Å². The molecule has 0 spiro atoms. The van der Waals surface area contributed by atoms with E-state index in [0.29, 0.717) is 12.2 Å². The van der Waals surface area contributed by atoms with Crippen LogP contribution in [0.3, 0.4) is 0 Å². The van der Waals surface area contributed by atoms with Gasteiger partial charge in [-0.3, -0.25) is 0 Å². The standard InChI is InChI=1S/C21H25F2NO2/c1-21(25,11-14-24-12-3-2-4-13-24)16-5-8-18(9-6-16)26-20-10-7-17(22)15-19(20)23/h5-10,15,25H,2-4,11-14H2,1H3. The molecule has 2 aromatic carbocycles. The fourth-order valence-electron chi connectivity index (χ4n) is 3.27. The van der Waals surface area contributed by atoms with Crippen molar-refractivity contribution in [1.29, 1.82) is 0 Å². The summed E-state index contributed by atoms with van der Waals surface area (Å²) in [7, 11) is 0. The maximum Gasteiger partial charge on any atom is 0.168 e. The van der Waals surface area contributed by atoms with Crippen molar-refractivity contribution in [2.75, 3.05) is 19.6 Å². The van der Waals surface area contributed by atoms with Gasteiger partial charge in [0.1, 0.15) is 11.6 Å². The van der Waals surface area contributed by atoms with E-state index in [0.717, 1.165) is 37.3 Å². The zero-order valence-electron chi connectivity index (χ0n) is 15.0. The Morgan fingerprint density at radius 2 is 1.73 bits per heavy atom. The van der Waals surface area contributed by atoms with Crippen molar-refractivity contribution in [2.45, 2.75) is 38.2 Å². The normalized spacial score (nSPS) is 17.7. The van der Waals surface area contributed by atoms with E-state index in [1.807, 2.05) is 6.92 Å². The van der Waals surface area contributed by atoms with Crippen molar-refractivity contribution < 1.29 is 18.6 Å². The molecule has 0 saturated carbocycles. The van der Waals surface area contributed by atoms with Crippen LogP contribution in [0.15, 0.2) is 42.5 Å². The number of aliphatic hydroxyl groups is 1. The molecule has 1 atom stereocenters. The lowest BCUT2D eigenvalue weighted by Crippen LogP contribution is -2.34. The Labute approximate surface area is 153 Å². The van der Waals surface area contributed by atoms with Crippen LogP contribution < -0.4 is 4.74 Å². The molecule has 26 heavy (non-hydrogen) atoms. The number of piperidine rings is 1. The minimum atomic E-state index is -0.933. The maximum atomic E-state index is 13.7. The van der Waals surface area contributed by atoms with Crippen LogP contribution in [-0.2, 0) is 5.60 Å². The first-order valence-corrected chi connectivity index (χ1v) is 9.12. The molecule has 1 unspecified atom stereocenters. The van der Waals surface area contributed by atoms with Gasteiger partial charge < -0.3 is 14.7 Å². The molecule has 1 N–H and O–H groups in total. The summed E-state index contributed by atoms with van der Waals surface area (Å²) < 4.78 is 32.1. The van der Waals surface area contributed by atoms with Crippen LogP contribution in [0.25, 0.3) is 0 Å². The number of halogens is 2. The van der Waals surface area contributed by atoms with E-state index in [2.05, 4.69) is 4.90 Å². The Balaban J connectivity index is 1.62. The average molecular weight is 361 g/mol. The van der Waals surface area contributed by atoms with Gasteiger partial charge in [-0.25, -0.2) is 8.78 Å². The van der Waals surface area contributed by atoms with E-state index in [-0.39, 0.29) is 5.75 Å². The largest absolute Gasteiger partial charge is 0.454 e. The Hall–Kier alpha value is -1.98. The summed E-state index contributed by atoms with van der Waals surface area (Å²) in [4.78, 5) is 2.40. The highest BCUT2D eigenvalue weighted by molar-refractivity contribution is 5.35. The molecule has 1 fully saturated rings. The first kappa shape index (κ1) is 18.8. The second-order valence-corrected chi connectivity index (χ2v) is 7.13. The van der Waals surface area contributed by atoms with Gasteiger partial charge in [-0.15, -0.1) is 0 Å². The second kappa shape index (κ2) is 8.14. The molecule has 3 rings (SSSR count). The van der Waals surface area contributed by atoms with Crippen LogP contribution in [0.1, 0.15) is 38.2 Å². The quantitative estimate of drug-likeness (QED) is 0.799. The van der Waals surface area contributed by atoms with Crippen molar-refractivity contribution >= 4 is 0 Å². The van der Waals surface area contributed by atoms with Crippen molar-refractivity contribution in [3.05, 3.63) is 59.7 Å². The van der Waals surface area contributed by atoms with Gasteiger partial charge in [-0.05, 0) is 69.1 Å². The number of likely N-dealkylation sites (tertiary alicyclic amines) is 1. The molecule has 140 valence electrons. The molecule has 0 radical (unpaired) electrons. The van der Waals surface area contributed by atoms with E-state index in [1.54, 1.807) is 24.3 Å². The summed E-state index contributed by atoms with van der Waals surface area (Å²) in [6, 6.07) is 10.1. The summed E-state index contributed by atoms with van der Waals surface area (Å²) in [6.07, 6.45) is 4.41. The fraction of sp³-hybridized carbons (Fsp3) is 0.429. The molecule has 1 aliphatic heterocycles. The highest BCUT2D eigenvalue weighted by Crippen LogP contribution is 2.30. The van der Waals surface area contributed by atoms with Crippen molar-refractivity contribution in [1.82, 2.24) is 4.90 Å². The molecular weight excluding hydrogens is 336 g/mol. The van der Waals surface area contributed by atoms with Gasteiger partial charge in [0.15, 0.2) is 11.6 Å². The number of hydrogen-bond donors (Lipinski definition) is 1. The number of nitrogens with zero attached hydrogens (tertiary/aromatic N) is 1. The lowest BCUT2D eigenvalue weighted by molar-refractivity contribution is 0.0337. The zero-order valence-corrected chi connectivity index (χ0v) is 15.0. The fourth-order valence-corrected chi connectivity index (χ4v) is 3.27. The van der Waals surface area contributed by atoms with Gasteiger partial charge in [-0.2, -0.15) is 0 Å². The van der Waals surface area contributed by atoms with E-state index < -0.39 is 17.2 Å². The molecule has 5 heteroatoms. The van der Waals surface area contributed by atoms with Crippen LogP contribution >= 0.6 is 0 Å². The van der Waals surface area contributed by atoms with Crippen molar-refractivity contribution in [3.63, 3.8) is 0 Å². The van der Waals surface area contributed by atoms with Crippen molar-refractivity contribution in [3.8, 4) is 11.5 Å². The molecule has 1 aliphatic rings. The Morgan fingerprint density at radius 3 is 2.38 bits per heavy atom. The minimum absolute atomic E-state index is 0.0315. The van der Waals surface area contributed by atoms with E-state index in [4.69, 9.17) is 4.74 Å². The molecule has 0 aromatic heterocycles. The van der Waals surface area contributed by atoms with Crippen LogP contribution in [0.2, 0.25) is 0 Å². The van der Waals surface area contributed by atoms with E-state index in [9.17, 15) is 13.9 Å². The lowest BCUT2D eigenvalue weighted by Gasteiger charge is -2.31. The first-order chi connectivity index (χ1) is 12.4. The van der Waals surface area contributed by atoms with E-state index >= 15 is 0 Å². The number of ether oxygens (including phenoxy) is 1. The van der Waals surface area contributed by atoms with Crippen LogP contribution in [0.4, 0.5) is 8.78 Å². The predicted molar refractivity (Wildman–Crippen MR) is 97.4 cm³/mol.